The van der Waals surface area contributed by atoms with Gasteiger partial charge in [-0.2, -0.15) is 5.26 Å². The largest absolute Gasteiger partial charge is 0.465 e. The first kappa shape index (κ1) is 19.4. The van der Waals surface area contributed by atoms with Gasteiger partial charge in [-0.1, -0.05) is 49.4 Å². The Hall–Kier alpha value is -2.93. The van der Waals surface area contributed by atoms with Gasteiger partial charge in [0.15, 0.2) is 0 Å². The number of esters is 1. The second kappa shape index (κ2) is 9.53. The molecule has 2 aromatic rings. The van der Waals surface area contributed by atoms with Gasteiger partial charge in [0.2, 0.25) is 0 Å². The van der Waals surface area contributed by atoms with E-state index in [1.54, 1.807) is 13.0 Å². The zero-order chi connectivity index (χ0) is 18.9. The first-order valence-electron chi connectivity index (χ1n) is 8.88. The summed E-state index contributed by atoms with van der Waals surface area (Å²) in [6.07, 6.45) is 1.41. The minimum atomic E-state index is -0.757. The highest BCUT2D eigenvalue weighted by Gasteiger charge is 2.27. The van der Waals surface area contributed by atoms with Gasteiger partial charge < -0.3 is 4.74 Å². The minimum absolute atomic E-state index is 0.0788. The molecule has 134 valence electrons. The van der Waals surface area contributed by atoms with E-state index in [-0.39, 0.29) is 12.4 Å². The molecule has 2 aromatic carbocycles. The lowest BCUT2D eigenvalue weighted by molar-refractivity contribution is -0.151. The molecule has 0 N–H and O–H groups in total. The molecule has 0 spiro atoms. The second-order valence-electron chi connectivity index (χ2n) is 6.08. The first-order valence-corrected chi connectivity index (χ1v) is 8.88. The van der Waals surface area contributed by atoms with Crippen molar-refractivity contribution in [2.45, 2.75) is 33.1 Å². The van der Waals surface area contributed by atoms with Crippen molar-refractivity contribution in [3.8, 4) is 17.2 Å². The maximum absolute atomic E-state index is 12.3. The van der Waals surface area contributed by atoms with Crippen LogP contribution < -0.4 is 0 Å². The number of ether oxygens (including phenoxy) is 1. The molecule has 0 bridgehead atoms. The Bertz CT molecular complexity index is 785. The summed E-state index contributed by atoms with van der Waals surface area (Å²) in [6, 6.07) is 17.2. The van der Waals surface area contributed by atoms with Crippen LogP contribution >= 0.6 is 0 Å². The topological polar surface area (TPSA) is 67.2 Å². The lowest BCUT2D eigenvalue weighted by atomic mass is 9.91. The third-order valence-electron chi connectivity index (χ3n) is 4.21. The van der Waals surface area contributed by atoms with E-state index in [1.807, 2.05) is 49.4 Å². The van der Waals surface area contributed by atoms with Gasteiger partial charge in [-0.3, -0.25) is 9.59 Å². The quantitative estimate of drug-likeness (QED) is 0.526. The Kier molecular flexibility index (Phi) is 7.11. The molecule has 0 aromatic heterocycles. The van der Waals surface area contributed by atoms with Crippen LogP contribution in [0, 0.1) is 17.2 Å². The zero-order valence-corrected chi connectivity index (χ0v) is 15.2. The smallest absolute Gasteiger partial charge is 0.316 e. The normalized spacial score (nSPS) is 11.4. The van der Waals surface area contributed by atoms with Crippen molar-refractivity contribution in [2.24, 2.45) is 5.92 Å². The number of rotatable bonds is 8. The second-order valence-corrected chi connectivity index (χ2v) is 6.08. The van der Waals surface area contributed by atoms with Crippen LogP contribution in [-0.4, -0.2) is 18.4 Å². The molecule has 26 heavy (non-hydrogen) atoms. The molecule has 0 radical (unpaired) electrons. The van der Waals surface area contributed by atoms with Crippen molar-refractivity contribution in [1.82, 2.24) is 0 Å². The summed E-state index contributed by atoms with van der Waals surface area (Å²) >= 11 is 0. The summed E-state index contributed by atoms with van der Waals surface area (Å²) in [5, 5.41) is 9.24. The summed E-state index contributed by atoms with van der Waals surface area (Å²) in [6.45, 7) is 3.92. The van der Waals surface area contributed by atoms with Gasteiger partial charge in [-0.05, 0) is 42.5 Å². The zero-order valence-electron chi connectivity index (χ0n) is 15.2. The van der Waals surface area contributed by atoms with E-state index in [0.717, 1.165) is 16.7 Å². The van der Waals surface area contributed by atoms with E-state index in [2.05, 4.69) is 6.07 Å². The predicted molar refractivity (Wildman–Crippen MR) is 100 cm³/mol. The van der Waals surface area contributed by atoms with Gasteiger partial charge in [0.25, 0.3) is 0 Å². The van der Waals surface area contributed by atoms with E-state index < -0.39 is 11.9 Å². The molecule has 1 atom stereocenters. The number of hydrogen-bond acceptors (Lipinski definition) is 4. The van der Waals surface area contributed by atoms with Crippen LogP contribution in [0.3, 0.4) is 0 Å². The SMILES string of the molecule is CCCC(=O)[C@@H](Cc1ccc(-c2ccccc2C#N)cc1)C(=O)OCC. The first-order chi connectivity index (χ1) is 12.6. The molecule has 0 fully saturated rings. The number of carbonyl (C=O) groups is 2. The van der Waals surface area contributed by atoms with Crippen molar-refractivity contribution in [3.05, 3.63) is 59.7 Å². The maximum Gasteiger partial charge on any atom is 0.316 e. The van der Waals surface area contributed by atoms with Crippen LogP contribution in [0.4, 0.5) is 0 Å². The van der Waals surface area contributed by atoms with Crippen molar-refractivity contribution in [3.63, 3.8) is 0 Å². The average Bonchev–Trinajstić information content (AvgIpc) is 2.67. The third kappa shape index (κ3) is 4.80. The number of hydrogen-bond donors (Lipinski definition) is 0. The predicted octanol–water partition coefficient (Wildman–Crippen LogP) is 4.32. The monoisotopic (exact) mass is 349 g/mol. The van der Waals surface area contributed by atoms with Gasteiger partial charge in [0.1, 0.15) is 11.7 Å². The number of Topliss-reactive ketones (excluding diaryl/α,β-unsaturated/α-hetero) is 1. The van der Waals surface area contributed by atoms with Crippen molar-refractivity contribution >= 4 is 11.8 Å². The lowest BCUT2D eigenvalue weighted by Gasteiger charge is -2.15. The molecule has 0 amide bonds. The van der Waals surface area contributed by atoms with Crippen LogP contribution in [0.2, 0.25) is 0 Å². The van der Waals surface area contributed by atoms with Gasteiger partial charge in [-0.25, -0.2) is 0 Å². The average molecular weight is 349 g/mol. The molecule has 0 heterocycles. The summed E-state index contributed by atoms with van der Waals surface area (Å²) in [5.74, 6) is -1.29. The van der Waals surface area contributed by atoms with Crippen molar-refractivity contribution < 1.29 is 14.3 Å². The lowest BCUT2D eigenvalue weighted by Crippen LogP contribution is -2.28. The van der Waals surface area contributed by atoms with Gasteiger partial charge in [-0.15, -0.1) is 0 Å². The fourth-order valence-electron chi connectivity index (χ4n) is 2.88. The van der Waals surface area contributed by atoms with E-state index in [9.17, 15) is 14.9 Å². The molecule has 0 unspecified atom stereocenters. The molecular formula is C22H23NO3. The molecule has 0 aliphatic carbocycles. The summed E-state index contributed by atoms with van der Waals surface area (Å²) < 4.78 is 5.07. The third-order valence-corrected chi connectivity index (χ3v) is 4.21. The fraction of sp³-hybridized carbons (Fsp3) is 0.318. The van der Waals surface area contributed by atoms with Crippen LogP contribution in [0.25, 0.3) is 11.1 Å². The van der Waals surface area contributed by atoms with Crippen LogP contribution in [-0.2, 0) is 20.7 Å². The Morgan fingerprint density at radius 1 is 1.08 bits per heavy atom. The summed E-state index contributed by atoms with van der Waals surface area (Å²) in [7, 11) is 0. The minimum Gasteiger partial charge on any atom is -0.465 e. The van der Waals surface area contributed by atoms with E-state index in [1.165, 1.54) is 0 Å². The van der Waals surface area contributed by atoms with Crippen LogP contribution in [0.5, 0.6) is 0 Å². The molecule has 0 saturated carbocycles. The van der Waals surface area contributed by atoms with Crippen molar-refractivity contribution in [2.75, 3.05) is 6.61 Å². The Morgan fingerprint density at radius 3 is 2.38 bits per heavy atom. The van der Waals surface area contributed by atoms with E-state index in [0.29, 0.717) is 24.8 Å². The number of ketones is 1. The molecule has 0 saturated heterocycles. The maximum atomic E-state index is 12.3. The number of nitrogens with zero attached hydrogens (tertiary/aromatic N) is 1. The fourth-order valence-corrected chi connectivity index (χ4v) is 2.88. The van der Waals surface area contributed by atoms with E-state index >= 15 is 0 Å². The summed E-state index contributed by atoms with van der Waals surface area (Å²) in [4.78, 5) is 24.5. The highest BCUT2D eigenvalue weighted by atomic mass is 16.5. The molecule has 2 rings (SSSR count). The Balaban J connectivity index is 2.21. The van der Waals surface area contributed by atoms with Gasteiger partial charge >= 0.3 is 5.97 Å². The van der Waals surface area contributed by atoms with Gasteiger partial charge in [0.05, 0.1) is 18.2 Å². The van der Waals surface area contributed by atoms with Crippen molar-refractivity contribution in [1.29, 1.82) is 5.26 Å². The highest BCUT2D eigenvalue weighted by molar-refractivity contribution is 5.99. The molecular weight excluding hydrogens is 326 g/mol. The molecule has 4 heteroatoms. The standard InChI is InChI=1S/C22H23NO3/c1-3-7-21(24)20(22(25)26-4-2)14-16-10-12-17(13-11-16)19-9-6-5-8-18(19)15-23/h5-6,8-13,20H,3-4,7,14H2,1-2H3/t20-/m1/s1. The van der Waals surface area contributed by atoms with Crippen LogP contribution in [0.1, 0.15) is 37.8 Å². The Labute approximate surface area is 154 Å². The van der Waals surface area contributed by atoms with Crippen LogP contribution in [0.15, 0.2) is 48.5 Å². The molecule has 4 nitrogen and oxygen atoms in total. The number of carbonyl (C=O) groups excluding carboxylic acids is 2. The van der Waals surface area contributed by atoms with Gasteiger partial charge in [0, 0.05) is 6.42 Å². The number of benzene rings is 2. The molecule has 0 aliphatic rings. The highest BCUT2D eigenvalue weighted by Crippen LogP contribution is 2.24. The number of nitriles is 1. The van der Waals surface area contributed by atoms with E-state index in [4.69, 9.17) is 4.74 Å². The Morgan fingerprint density at radius 2 is 1.77 bits per heavy atom. The summed E-state index contributed by atoms with van der Waals surface area (Å²) in [5.41, 5.74) is 3.30. The molecule has 0 aliphatic heterocycles.